The lowest BCUT2D eigenvalue weighted by atomic mass is 9.89. The summed E-state index contributed by atoms with van der Waals surface area (Å²) in [6.07, 6.45) is 4.25. The van der Waals surface area contributed by atoms with Crippen molar-refractivity contribution in [3.63, 3.8) is 0 Å². The Morgan fingerprint density at radius 3 is 2.55 bits per heavy atom. The number of nitrogens with one attached hydrogen (secondary N) is 1. The van der Waals surface area contributed by atoms with E-state index < -0.39 is 15.8 Å². The molecule has 2 rings (SSSR count). The minimum atomic E-state index is -3.81. The second-order valence-electron chi connectivity index (χ2n) is 5.81. The molecule has 1 aromatic rings. The smallest absolute Gasteiger partial charge is 0.243 e. The number of hydrogen-bond donors (Lipinski definition) is 2. The standard InChI is InChI=1S/C14H21FN2O2S/c1-14(6-2-3-7-14)10-17-20(18,19)13-5-4-11(9-16)8-12(13)15/h4-5,8,17H,2-3,6-7,9-10,16H2,1H3. The van der Waals surface area contributed by atoms with Crippen LogP contribution in [0.3, 0.4) is 0 Å². The summed E-state index contributed by atoms with van der Waals surface area (Å²) in [6.45, 7) is 2.60. The van der Waals surface area contributed by atoms with Gasteiger partial charge in [-0.05, 0) is 36.0 Å². The molecule has 0 radical (unpaired) electrons. The summed E-state index contributed by atoms with van der Waals surface area (Å²) in [4.78, 5) is -0.309. The van der Waals surface area contributed by atoms with Gasteiger partial charge in [0.1, 0.15) is 10.7 Å². The molecule has 0 amide bonds. The molecule has 1 aliphatic carbocycles. The Morgan fingerprint density at radius 1 is 1.35 bits per heavy atom. The van der Waals surface area contributed by atoms with Gasteiger partial charge in [-0.3, -0.25) is 0 Å². The summed E-state index contributed by atoms with van der Waals surface area (Å²) in [6, 6.07) is 3.98. The quantitative estimate of drug-likeness (QED) is 0.875. The number of benzene rings is 1. The summed E-state index contributed by atoms with van der Waals surface area (Å²) < 4.78 is 40.7. The number of hydrogen-bond acceptors (Lipinski definition) is 3. The molecule has 0 unspecified atom stereocenters. The van der Waals surface area contributed by atoms with E-state index in [1.165, 1.54) is 18.2 Å². The lowest BCUT2D eigenvalue weighted by Gasteiger charge is -2.23. The van der Waals surface area contributed by atoms with Crippen LogP contribution in [0.2, 0.25) is 0 Å². The topological polar surface area (TPSA) is 72.2 Å². The average molecular weight is 300 g/mol. The fourth-order valence-corrected chi connectivity index (χ4v) is 3.90. The van der Waals surface area contributed by atoms with Gasteiger partial charge < -0.3 is 5.73 Å². The summed E-state index contributed by atoms with van der Waals surface area (Å²) in [5.74, 6) is -0.753. The maximum Gasteiger partial charge on any atom is 0.243 e. The third-order valence-corrected chi connectivity index (χ3v) is 5.46. The molecule has 0 saturated heterocycles. The molecule has 1 aliphatic rings. The van der Waals surface area contributed by atoms with Crippen molar-refractivity contribution in [2.24, 2.45) is 11.1 Å². The maximum absolute atomic E-state index is 13.9. The molecule has 4 nitrogen and oxygen atoms in total. The van der Waals surface area contributed by atoms with Gasteiger partial charge in [0.25, 0.3) is 0 Å². The van der Waals surface area contributed by atoms with Crippen molar-refractivity contribution in [3.8, 4) is 0 Å². The van der Waals surface area contributed by atoms with Gasteiger partial charge in [-0.15, -0.1) is 0 Å². The molecule has 0 aromatic heterocycles. The van der Waals surface area contributed by atoms with Crippen LogP contribution in [0.25, 0.3) is 0 Å². The van der Waals surface area contributed by atoms with Crippen LogP contribution >= 0.6 is 0 Å². The van der Waals surface area contributed by atoms with Crippen LogP contribution in [-0.2, 0) is 16.6 Å². The largest absolute Gasteiger partial charge is 0.326 e. The summed E-state index contributed by atoms with van der Waals surface area (Å²) in [5, 5.41) is 0. The monoisotopic (exact) mass is 300 g/mol. The Morgan fingerprint density at radius 2 is 2.00 bits per heavy atom. The van der Waals surface area contributed by atoms with Gasteiger partial charge >= 0.3 is 0 Å². The molecule has 0 aliphatic heterocycles. The Labute approximate surface area is 119 Å². The van der Waals surface area contributed by atoms with Crippen molar-refractivity contribution < 1.29 is 12.8 Å². The molecule has 3 N–H and O–H groups in total. The van der Waals surface area contributed by atoms with Crippen molar-refractivity contribution >= 4 is 10.0 Å². The molecule has 6 heteroatoms. The number of sulfonamides is 1. The van der Waals surface area contributed by atoms with Crippen LogP contribution in [0, 0.1) is 11.2 Å². The van der Waals surface area contributed by atoms with Crippen molar-refractivity contribution in [2.45, 2.75) is 44.0 Å². The number of rotatable bonds is 5. The first-order chi connectivity index (χ1) is 9.36. The highest BCUT2D eigenvalue weighted by molar-refractivity contribution is 7.89. The van der Waals surface area contributed by atoms with E-state index in [4.69, 9.17) is 5.73 Å². The molecule has 20 heavy (non-hydrogen) atoms. The zero-order valence-corrected chi connectivity index (χ0v) is 12.5. The zero-order chi connectivity index (χ0) is 14.8. The van der Waals surface area contributed by atoms with E-state index in [9.17, 15) is 12.8 Å². The van der Waals surface area contributed by atoms with Crippen molar-refractivity contribution in [1.29, 1.82) is 0 Å². The van der Waals surface area contributed by atoms with Crippen LogP contribution in [0.4, 0.5) is 4.39 Å². The van der Waals surface area contributed by atoms with Crippen molar-refractivity contribution in [3.05, 3.63) is 29.6 Å². The maximum atomic E-state index is 13.9. The van der Waals surface area contributed by atoms with Crippen LogP contribution in [0.15, 0.2) is 23.1 Å². The minimum absolute atomic E-state index is 0.0131. The predicted molar refractivity (Wildman–Crippen MR) is 76.1 cm³/mol. The number of halogens is 1. The van der Waals surface area contributed by atoms with Gasteiger partial charge in [0.2, 0.25) is 10.0 Å². The molecular weight excluding hydrogens is 279 g/mol. The molecule has 1 fully saturated rings. The van der Waals surface area contributed by atoms with E-state index in [-0.39, 0.29) is 16.9 Å². The third-order valence-electron chi connectivity index (χ3n) is 4.02. The van der Waals surface area contributed by atoms with Crippen LogP contribution in [-0.4, -0.2) is 15.0 Å². The lowest BCUT2D eigenvalue weighted by molar-refractivity contribution is 0.336. The second kappa shape index (κ2) is 5.79. The van der Waals surface area contributed by atoms with E-state index in [0.29, 0.717) is 12.1 Å². The molecule has 1 saturated carbocycles. The second-order valence-corrected chi connectivity index (χ2v) is 7.55. The first kappa shape index (κ1) is 15.4. The molecule has 0 spiro atoms. The molecule has 0 heterocycles. The number of nitrogens with two attached hydrogens (primary N) is 1. The van der Waals surface area contributed by atoms with Crippen LogP contribution < -0.4 is 10.5 Å². The van der Waals surface area contributed by atoms with Crippen LogP contribution in [0.5, 0.6) is 0 Å². The van der Waals surface area contributed by atoms with E-state index in [1.807, 2.05) is 0 Å². The van der Waals surface area contributed by atoms with Crippen molar-refractivity contribution in [1.82, 2.24) is 4.72 Å². The van der Waals surface area contributed by atoms with Gasteiger partial charge in [-0.2, -0.15) is 0 Å². The van der Waals surface area contributed by atoms with E-state index in [1.54, 1.807) is 0 Å². The Bertz CT molecular complexity index is 581. The highest BCUT2D eigenvalue weighted by Crippen LogP contribution is 2.37. The lowest BCUT2D eigenvalue weighted by Crippen LogP contribution is -2.34. The average Bonchev–Trinajstić information content (AvgIpc) is 2.84. The molecular formula is C14H21FN2O2S. The van der Waals surface area contributed by atoms with Gasteiger partial charge in [0.15, 0.2) is 0 Å². The molecule has 0 bridgehead atoms. The summed E-state index contributed by atoms with van der Waals surface area (Å²) >= 11 is 0. The molecule has 0 atom stereocenters. The minimum Gasteiger partial charge on any atom is -0.326 e. The van der Waals surface area contributed by atoms with Gasteiger partial charge in [0, 0.05) is 13.1 Å². The Balaban J connectivity index is 2.14. The van der Waals surface area contributed by atoms with E-state index >= 15 is 0 Å². The fourth-order valence-electron chi connectivity index (χ4n) is 2.64. The van der Waals surface area contributed by atoms with Crippen molar-refractivity contribution in [2.75, 3.05) is 6.54 Å². The fraction of sp³-hybridized carbons (Fsp3) is 0.571. The highest BCUT2D eigenvalue weighted by Gasteiger charge is 2.30. The van der Waals surface area contributed by atoms with E-state index in [0.717, 1.165) is 25.7 Å². The van der Waals surface area contributed by atoms with Gasteiger partial charge in [-0.1, -0.05) is 25.8 Å². The first-order valence-corrected chi connectivity index (χ1v) is 8.33. The SMILES string of the molecule is CC1(CNS(=O)(=O)c2ccc(CN)cc2F)CCCC1. The first-order valence-electron chi connectivity index (χ1n) is 6.84. The van der Waals surface area contributed by atoms with E-state index in [2.05, 4.69) is 11.6 Å². The molecule has 1 aromatic carbocycles. The van der Waals surface area contributed by atoms with Gasteiger partial charge in [0.05, 0.1) is 0 Å². The third kappa shape index (κ3) is 3.37. The summed E-state index contributed by atoms with van der Waals surface area (Å²) in [7, 11) is -3.81. The van der Waals surface area contributed by atoms with Gasteiger partial charge in [-0.25, -0.2) is 17.5 Å². The highest BCUT2D eigenvalue weighted by atomic mass is 32.2. The molecule has 112 valence electrons. The normalized spacial score (nSPS) is 18.4. The summed E-state index contributed by atoms with van der Waals surface area (Å²) in [5.41, 5.74) is 5.97. The predicted octanol–water partition coefficient (Wildman–Crippen LogP) is 2.14. The Hall–Kier alpha value is -0.980. The van der Waals surface area contributed by atoms with Crippen LogP contribution in [0.1, 0.15) is 38.2 Å². The Kier molecular flexibility index (Phi) is 4.46. The zero-order valence-electron chi connectivity index (χ0n) is 11.7.